The van der Waals surface area contributed by atoms with Crippen LogP contribution in [0.25, 0.3) is 0 Å². The predicted molar refractivity (Wildman–Crippen MR) is 79.2 cm³/mol. The number of alkyl halides is 3. The molecule has 0 saturated carbocycles. The number of halogens is 3. The smallest absolute Gasteiger partial charge is 0.393 e. The van der Waals surface area contributed by atoms with Crippen molar-refractivity contribution in [2.24, 2.45) is 11.7 Å². The second kappa shape index (κ2) is 6.57. The maximum atomic E-state index is 12.9. The van der Waals surface area contributed by atoms with Crippen molar-refractivity contribution >= 4 is 23.0 Å². The van der Waals surface area contributed by atoms with Gasteiger partial charge in [-0.1, -0.05) is 18.3 Å². The second-order valence-electron chi connectivity index (χ2n) is 4.97. The number of aromatic nitrogens is 1. The number of nitrogens with zero attached hydrogens (tertiary/aromatic N) is 3. The van der Waals surface area contributed by atoms with Gasteiger partial charge in [-0.15, -0.1) is 0 Å². The van der Waals surface area contributed by atoms with Crippen molar-refractivity contribution in [3.05, 3.63) is 24.4 Å². The summed E-state index contributed by atoms with van der Waals surface area (Å²) in [7, 11) is 0. The van der Waals surface area contributed by atoms with Crippen LogP contribution < -0.4 is 10.6 Å². The molecule has 1 aliphatic heterocycles. The zero-order valence-electron chi connectivity index (χ0n) is 11.4. The van der Waals surface area contributed by atoms with E-state index < -0.39 is 17.1 Å². The number of nitrogens with two attached hydrogens (primary N) is 1. The van der Waals surface area contributed by atoms with Gasteiger partial charge in [-0.3, -0.25) is 4.90 Å². The minimum atomic E-state index is -4.38. The van der Waals surface area contributed by atoms with Crippen LogP contribution in [0.5, 0.6) is 0 Å². The Morgan fingerprint density at radius 2 is 1.95 bits per heavy atom. The molecule has 21 heavy (non-hydrogen) atoms. The fourth-order valence-corrected chi connectivity index (χ4v) is 2.52. The third kappa shape index (κ3) is 4.28. The molecule has 1 aromatic heterocycles. The number of hydrogen-bond donors (Lipinski definition) is 1. The number of piperazine rings is 1. The fraction of sp³-hybridized carbons (Fsp3) is 0.538. The summed E-state index contributed by atoms with van der Waals surface area (Å²) in [6, 6.07) is 5.61. The topological polar surface area (TPSA) is 45.4 Å². The van der Waals surface area contributed by atoms with Gasteiger partial charge in [0.2, 0.25) is 0 Å². The van der Waals surface area contributed by atoms with Crippen molar-refractivity contribution in [2.75, 3.05) is 37.6 Å². The molecule has 1 fully saturated rings. The molecule has 0 amide bonds. The summed E-state index contributed by atoms with van der Waals surface area (Å²) in [5.41, 5.74) is 5.22. The van der Waals surface area contributed by atoms with Crippen molar-refractivity contribution in [1.29, 1.82) is 0 Å². The summed E-state index contributed by atoms with van der Waals surface area (Å²) >= 11 is 4.54. The monoisotopic (exact) mass is 318 g/mol. The third-order valence-corrected chi connectivity index (χ3v) is 3.81. The first-order valence-electron chi connectivity index (χ1n) is 6.62. The molecule has 0 aromatic carbocycles. The first-order valence-corrected chi connectivity index (χ1v) is 7.03. The third-order valence-electron chi connectivity index (χ3n) is 3.52. The molecule has 1 aliphatic rings. The molecular formula is C13H17F3N4S. The van der Waals surface area contributed by atoms with Crippen LogP contribution in [-0.2, 0) is 0 Å². The number of thiocarbonyl (C=S) groups is 1. The van der Waals surface area contributed by atoms with Gasteiger partial charge in [0.1, 0.15) is 11.7 Å². The Bertz CT molecular complexity index is 472. The molecule has 2 rings (SSSR count). The van der Waals surface area contributed by atoms with E-state index in [9.17, 15) is 13.2 Å². The van der Waals surface area contributed by atoms with E-state index >= 15 is 0 Å². The lowest BCUT2D eigenvalue weighted by Crippen LogP contribution is -2.51. The van der Waals surface area contributed by atoms with Crippen LogP contribution in [0.1, 0.15) is 0 Å². The van der Waals surface area contributed by atoms with E-state index in [-0.39, 0.29) is 6.54 Å². The summed E-state index contributed by atoms with van der Waals surface area (Å²) < 4.78 is 38.6. The first kappa shape index (κ1) is 16.0. The minimum absolute atomic E-state index is 0.172. The normalized spacial score (nSPS) is 18.5. The molecule has 116 valence electrons. The van der Waals surface area contributed by atoms with Crippen molar-refractivity contribution in [1.82, 2.24) is 9.88 Å². The Balaban J connectivity index is 1.91. The van der Waals surface area contributed by atoms with E-state index in [0.29, 0.717) is 26.2 Å². The van der Waals surface area contributed by atoms with Gasteiger partial charge in [-0.05, 0) is 12.1 Å². The van der Waals surface area contributed by atoms with E-state index in [1.54, 1.807) is 11.1 Å². The van der Waals surface area contributed by atoms with E-state index in [1.165, 1.54) is 0 Å². The van der Waals surface area contributed by atoms with Crippen LogP contribution in [0.15, 0.2) is 24.4 Å². The lowest BCUT2D eigenvalue weighted by atomic mass is 10.1. The molecule has 0 radical (unpaired) electrons. The molecule has 1 unspecified atom stereocenters. The van der Waals surface area contributed by atoms with E-state index in [4.69, 9.17) is 5.73 Å². The Morgan fingerprint density at radius 3 is 2.43 bits per heavy atom. The van der Waals surface area contributed by atoms with Gasteiger partial charge in [0, 0.05) is 38.9 Å². The van der Waals surface area contributed by atoms with E-state index in [0.717, 1.165) is 5.82 Å². The van der Waals surface area contributed by atoms with Crippen LogP contribution in [-0.4, -0.2) is 53.8 Å². The molecule has 4 nitrogen and oxygen atoms in total. The second-order valence-corrected chi connectivity index (χ2v) is 5.44. The molecule has 1 atom stereocenters. The van der Waals surface area contributed by atoms with E-state index in [2.05, 4.69) is 22.1 Å². The van der Waals surface area contributed by atoms with Crippen LogP contribution >= 0.6 is 12.2 Å². The molecular weight excluding hydrogens is 301 g/mol. The Kier molecular flexibility index (Phi) is 5.00. The highest BCUT2D eigenvalue weighted by Gasteiger charge is 2.42. The average molecular weight is 318 g/mol. The number of hydrogen-bond acceptors (Lipinski definition) is 4. The molecule has 8 heteroatoms. The standard InChI is InChI=1S/C13H17F3N4S/c14-13(15,16)10(12(17)21)9-19-5-7-20(8-6-19)11-3-1-2-4-18-11/h1-4,10H,5-9H2,(H2,17,21). The quantitative estimate of drug-likeness (QED) is 0.856. The lowest BCUT2D eigenvalue weighted by Gasteiger charge is -2.37. The van der Waals surface area contributed by atoms with Crippen LogP contribution in [0.3, 0.4) is 0 Å². The summed E-state index contributed by atoms with van der Waals surface area (Å²) in [6.07, 6.45) is -2.68. The van der Waals surface area contributed by atoms with Gasteiger partial charge in [-0.2, -0.15) is 13.2 Å². The van der Waals surface area contributed by atoms with Crippen molar-refractivity contribution < 1.29 is 13.2 Å². The first-order chi connectivity index (χ1) is 9.88. The highest BCUT2D eigenvalue weighted by Crippen LogP contribution is 2.27. The van der Waals surface area contributed by atoms with Gasteiger partial charge in [0.15, 0.2) is 0 Å². The molecule has 1 saturated heterocycles. The van der Waals surface area contributed by atoms with Gasteiger partial charge >= 0.3 is 6.18 Å². The maximum Gasteiger partial charge on any atom is 0.399 e. The van der Waals surface area contributed by atoms with Crippen molar-refractivity contribution in [3.63, 3.8) is 0 Å². The lowest BCUT2D eigenvalue weighted by molar-refractivity contribution is -0.159. The molecule has 1 aromatic rings. The van der Waals surface area contributed by atoms with Crippen molar-refractivity contribution in [2.45, 2.75) is 6.18 Å². The van der Waals surface area contributed by atoms with Crippen molar-refractivity contribution in [3.8, 4) is 0 Å². The van der Waals surface area contributed by atoms with Gasteiger partial charge < -0.3 is 10.6 Å². The minimum Gasteiger partial charge on any atom is -0.393 e. The van der Waals surface area contributed by atoms with Gasteiger partial charge in [0.25, 0.3) is 0 Å². The highest BCUT2D eigenvalue weighted by atomic mass is 32.1. The van der Waals surface area contributed by atoms with Crippen LogP contribution in [0.4, 0.5) is 19.0 Å². The molecule has 2 N–H and O–H groups in total. The van der Waals surface area contributed by atoms with Gasteiger partial charge in [-0.25, -0.2) is 4.98 Å². The SMILES string of the molecule is NC(=S)C(CN1CCN(c2ccccn2)CC1)C(F)(F)F. The predicted octanol–water partition coefficient (Wildman–Crippen LogP) is 1.67. The summed E-state index contributed by atoms with van der Waals surface area (Å²) in [4.78, 5) is 7.55. The van der Waals surface area contributed by atoms with Crippen LogP contribution in [0, 0.1) is 5.92 Å². The Labute approximate surface area is 126 Å². The zero-order valence-corrected chi connectivity index (χ0v) is 12.2. The number of pyridine rings is 1. The van der Waals surface area contributed by atoms with E-state index in [1.807, 2.05) is 18.2 Å². The molecule has 0 aliphatic carbocycles. The fourth-order valence-electron chi connectivity index (χ4n) is 2.31. The molecule has 0 bridgehead atoms. The summed E-state index contributed by atoms with van der Waals surface area (Å²) in [5.74, 6) is -0.896. The molecule has 2 heterocycles. The zero-order chi connectivity index (χ0) is 15.5. The van der Waals surface area contributed by atoms with Gasteiger partial charge in [0.05, 0.1) is 4.99 Å². The summed E-state index contributed by atoms with van der Waals surface area (Å²) in [6.45, 7) is 2.17. The Hall–Kier alpha value is -1.41. The maximum absolute atomic E-state index is 12.9. The average Bonchev–Trinajstić information content (AvgIpc) is 2.45. The summed E-state index contributed by atoms with van der Waals surface area (Å²) in [5, 5.41) is 0. The number of anilines is 1. The highest BCUT2D eigenvalue weighted by molar-refractivity contribution is 7.80. The van der Waals surface area contributed by atoms with Crippen LogP contribution in [0.2, 0.25) is 0 Å². The largest absolute Gasteiger partial charge is 0.399 e. The Morgan fingerprint density at radius 1 is 1.29 bits per heavy atom. The number of rotatable bonds is 4. The molecule has 0 spiro atoms.